The van der Waals surface area contributed by atoms with Gasteiger partial charge in [0, 0.05) is 25.0 Å². The molecule has 10 heteroatoms. The van der Waals surface area contributed by atoms with Gasteiger partial charge in [-0.2, -0.15) is 4.98 Å². The van der Waals surface area contributed by atoms with Crippen molar-refractivity contribution in [2.75, 3.05) is 11.9 Å². The number of aliphatic hydroxyl groups is 1. The van der Waals surface area contributed by atoms with E-state index in [0.29, 0.717) is 29.0 Å². The van der Waals surface area contributed by atoms with E-state index in [2.05, 4.69) is 25.6 Å². The number of anilines is 2. The highest BCUT2D eigenvalue weighted by atomic mass is 19.1. The molecule has 0 bridgehead atoms. The van der Waals surface area contributed by atoms with Gasteiger partial charge in [-0.25, -0.2) is 18.7 Å². The van der Waals surface area contributed by atoms with E-state index in [9.17, 15) is 14.3 Å². The van der Waals surface area contributed by atoms with E-state index in [1.807, 2.05) is 13.8 Å². The molecule has 0 atom stereocenters. The molecular formula is C25H28FN7O2. The molecule has 9 nitrogen and oxygen atoms in total. The van der Waals surface area contributed by atoms with Crippen LogP contribution in [0.3, 0.4) is 0 Å². The lowest BCUT2D eigenvalue weighted by atomic mass is 10.00. The second-order valence-corrected chi connectivity index (χ2v) is 9.60. The number of aromatic nitrogens is 5. The molecule has 3 N–H and O–H groups in total. The monoisotopic (exact) mass is 477 g/mol. The number of benzene rings is 1. The number of fused-ring (bicyclic) bond motifs is 2. The zero-order valence-electron chi connectivity index (χ0n) is 20.1. The van der Waals surface area contributed by atoms with Crippen molar-refractivity contribution in [1.82, 2.24) is 29.6 Å². The Morgan fingerprint density at radius 2 is 2.00 bits per heavy atom. The molecule has 35 heavy (non-hydrogen) atoms. The predicted molar refractivity (Wildman–Crippen MR) is 132 cm³/mol. The first-order valence-electron chi connectivity index (χ1n) is 11.6. The maximum absolute atomic E-state index is 14.8. The summed E-state index contributed by atoms with van der Waals surface area (Å²) in [6, 6.07) is 6.62. The van der Waals surface area contributed by atoms with Gasteiger partial charge in [0.15, 0.2) is 5.65 Å². The Kier molecular flexibility index (Phi) is 5.65. The average molecular weight is 478 g/mol. The SMILES string of the molecule is CC(C)n1c(=O)c2cnc(Nc3cc4c(cc3F)CNCC4)nc2n1-c1ccnc(C(C)(C)O)c1. The molecule has 0 amide bonds. The number of pyridine rings is 1. The van der Waals surface area contributed by atoms with Crippen LogP contribution in [0.15, 0.2) is 41.5 Å². The van der Waals surface area contributed by atoms with Crippen molar-refractivity contribution in [3.05, 3.63) is 69.7 Å². The van der Waals surface area contributed by atoms with Crippen molar-refractivity contribution < 1.29 is 9.50 Å². The first-order chi connectivity index (χ1) is 16.6. The Morgan fingerprint density at radius 3 is 2.74 bits per heavy atom. The Hall–Kier alpha value is -3.63. The van der Waals surface area contributed by atoms with E-state index in [-0.39, 0.29) is 23.2 Å². The fourth-order valence-corrected chi connectivity index (χ4v) is 4.38. The lowest BCUT2D eigenvalue weighted by Gasteiger charge is -2.20. The number of halogens is 1. The maximum atomic E-state index is 14.8. The summed E-state index contributed by atoms with van der Waals surface area (Å²) in [5, 5.41) is 17.0. The van der Waals surface area contributed by atoms with Gasteiger partial charge in [0.05, 0.1) is 17.1 Å². The minimum Gasteiger partial charge on any atom is -0.384 e. The molecule has 0 saturated heterocycles. The third-order valence-corrected chi connectivity index (χ3v) is 6.15. The Labute approximate surface area is 201 Å². The van der Waals surface area contributed by atoms with Crippen LogP contribution in [0.2, 0.25) is 0 Å². The molecule has 0 fully saturated rings. The number of rotatable bonds is 5. The van der Waals surface area contributed by atoms with Gasteiger partial charge in [-0.05, 0) is 76.1 Å². The minimum atomic E-state index is -1.16. The molecule has 0 saturated carbocycles. The maximum Gasteiger partial charge on any atom is 0.278 e. The van der Waals surface area contributed by atoms with Crippen molar-refractivity contribution in [3.63, 3.8) is 0 Å². The molecule has 1 aliphatic heterocycles. The topological polar surface area (TPSA) is 110 Å². The van der Waals surface area contributed by atoms with Crippen LogP contribution in [-0.2, 0) is 18.6 Å². The van der Waals surface area contributed by atoms with Crippen LogP contribution >= 0.6 is 0 Å². The van der Waals surface area contributed by atoms with Gasteiger partial charge >= 0.3 is 0 Å². The van der Waals surface area contributed by atoms with Gasteiger partial charge < -0.3 is 15.7 Å². The zero-order chi connectivity index (χ0) is 24.9. The lowest BCUT2D eigenvalue weighted by molar-refractivity contribution is 0.0738. The average Bonchev–Trinajstić information content (AvgIpc) is 3.11. The van der Waals surface area contributed by atoms with Crippen molar-refractivity contribution in [2.45, 2.75) is 52.3 Å². The van der Waals surface area contributed by atoms with Crippen molar-refractivity contribution in [2.24, 2.45) is 0 Å². The second-order valence-electron chi connectivity index (χ2n) is 9.60. The number of hydrogen-bond acceptors (Lipinski definition) is 7. The normalized spacial score (nSPS) is 13.9. The van der Waals surface area contributed by atoms with Crippen molar-refractivity contribution >= 4 is 22.7 Å². The molecule has 182 valence electrons. The fourth-order valence-electron chi connectivity index (χ4n) is 4.38. The van der Waals surface area contributed by atoms with Crippen LogP contribution in [-0.4, -0.2) is 36.0 Å². The highest BCUT2D eigenvalue weighted by molar-refractivity contribution is 5.77. The first-order valence-corrected chi connectivity index (χ1v) is 11.6. The molecular weight excluding hydrogens is 449 g/mol. The van der Waals surface area contributed by atoms with Crippen LogP contribution < -0.4 is 16.2 Å². The summed E-state index contributed by atoms with van der Waals surface area (Å²) in [5.41, 5.74) is 2.35. The highest BCUT2D eigenvalue weighted by Crippen LogP contribution is 2.27. The third-order valence-electron chi connectivity index (χ3n) is 6.15. The van der Waals surface area contributed by atoms with Crippen LogP contribution in [0, 0.1) is 5.82 Å². The molecule has 4 heterocycles. The molecule has 3 aromatic heterocycles. The molecule has 0 spiro atoms. The summed E-state index contributed by atoms with van der Waals surface area (Å²) in [4.78, 5) is 26.4. The van der Waals surface area contributed by atoms with Crippen molar-refractivity contribution in [1.29, 1.82) is 0 Å². The van der Waals surface area contributed by atoms with E-state index >= 15 is 0 Å². The number of nitrogens with one attached hydrogen (secondary N) is 2. The van der Waals surface area contributed by atoms with Crippen LogP contribution in [0.25, 0.3) is 16.7 Å². The summed E-state index contributed by atoms with van der Waals surface area (Å²) in [7, 11) is 0. The standard InChI is InChI=1S/C25H28FN7O2/c1-14(2)32-23(34)18-13-29-24(30-20-10-15-5-7-27-12-16(15)9-19(20)26)31-22(18)33(32)17-6-8-28-21(11-17)25(3,4)35/h6,8-11,13-14,27,35H,5,7,12H2,1-4H3,(H,29,30,31). The minimum absolute atomic E-state index is 0.178. The first kappa shape index (κ1) is 23.1. The molecule has 1 aliphatic rings. The Morgan fingerprint density at radius 1 is 1.20 bits per heavy atom. The molecule has 4 aromatic rings. The van der Waals surface area contributed by atoms with Gasteiger partial charge in [0.25, 0.3) is 5.56 Å². The van der Waals surface area contributed by atoms with Crippen molar-refractivity contribution in [3.8, 4) is 5.69 Å². The van der Waals surface area contributed by atoms with E-state index in [1.54, 1.807) is 47.6 Å². The molecule has 1 aromatic carbocycles. The zero-order valence-corrected chi connectivity index (χ0v) is 20.1. The van der Waals surface area contributed by atoms with E-state index in [4.69, 9.17) is 0 Å². The second kappa shape index (κ2) is 8.54. The molecule has 5 rings (SSSR count). The number of nitrogens with zero attached hydrogens (tertiary/aromatic N) is 5. The van der Waals surface area contributed by atoms with E-state index < -0.39 is 11.4 Å². The van der Waals surface area contributed by atoms with Crippen LogP contribution in [0.5, 0.6) is 0 Å². The van der Waals surface area contributed by atoms with Gasteiger partial charge in [-0.3, -0.25) is 9.78 Å². The number of hydrogen-bond donors (Lipinski definition) is 3. The van der Waals surface area contributed by atoms with Gasteiger partial charge in [-0.1, -0.05) is 0 Å². The molecule has 0 unspecified atom stereocenters. The van der Waals surface area contributed by atoms with Crippen LogP contribution in [0.4, 0.5) is 16.0 Å². The predicted octanol–water partition coefficient (Wildman–Crippen LogP) is 3.31. The smallest absolute Gasteiger partial charge is 0.278 e. The largest absolute Gasteiger partial charge is 0.384 e. The lowest BCUT2D eigenvalue weighted by Crippen LogP contribution is -2.25. The molecule has 0 aliphatic carbocycles. The fraction of sp³-hybridized carbons (Fsp3) is 0.360. The summed E-state index contributed by atoms with van der Waals surface area (Å²) in [6.45, 7) is 8.58. The summed E-state index contributed by atoms with van der Waals surface area (Å²) in [6.07, 6.45) is 3.86. The Bertz CT molecular complexity index is 1480. The van der Waals surface area contributed by atoms with E-state index in [0.717, 1.165) is 24.1 Å². The van der Waals surface area contributed by atoms with Gasteiger partial charge in [-0.15, -0.1) is 0 Å². The van der Waals surface area contributed by atoms with Gasteiger partial charge in [0.2, 0.25) is 5.95 Å². The Balaban J connectivity index is 1.65. The summed E-state index contributed by atoms with van der Waals surface area (Å²) < 4.78 is 18.1. The van der Waals surface area contributed by atoms with Gasteiger partial charge in [0.1, 0.15) is 16.8 Å². The van der Waals surface area contributed by atoms with E-state index in [1.165, 1.54) is 12.3 Å². The third kappa shape index (κ3) is 4.19. The summed E-state index contributed by atoms with van der Waals surface area (Å²) in [5.74, 6) is -0.214. The highest BCUT2D eigenvalue weighted by Gasteiger charge is 2.23. The summed E-state index contributed by atoms with van der Waals surface area (Å²) >= 11 is 0. The van der Waals surface area contributed by atoms with Crippen LogP contribution in [0.1, 0.15) is 50.6 Å². The molecule has 0 radical (unpaired) electrons. The quantitative estimate of drug-likeness (QED) is 0.405.